The van der Waals surface area contributed by atoms with Gasteiger partial charge < -0.3 is 16.4 Å². The van der Waals surface area contributed by atoms with E-state index < -0.39 is 0 Å². The van der Waals surface area contributed by atoms with Crippen molar-refractivity contribution in [1.29, 1.82) is 0 Å². The number of nitrogens with one attached hydrogen (secondary N) is 2. The molecule has 0 saturated heterocycles. The van der Waals surface area contributed by atoms with E-state index >= 15 is 0 Å². The van der Waals surface area contributed by atoms with Gasteiger partial charge in [0.1, 0.15) is 6.17 Å². The fourth-order valence-corrected chi connectivity index (χ4v) is 3.59. The van der Waals surface area contributed by atoms with Gasteiger partial charge in [-0.15, -0.1) is 0 Å². The molecule has 5 rings (SSSR count). The number of carbonyl (C=O) groups excluding carboxylic acids is 1. The van der Waals surface area contributed by atoms with Crippen LogP contribution in [-0.2, 0) is 0 Å². The smallest absolute Gasteiger partial charge is 0.255 e. The van der Waals surface area contributed by atoms with E-state index in [-0.39, 0.29) is 18.0 Å². The van der Waals surface area contributed by atoms with Crippen LogP contribution in [0.3, 0.4) is 0 Å². The number of anilines is 2. The standard InChI is InChI=1S/C24H19N5O/c25-24-27-20(15-6-2-1-3-7-15)14-21(28-24)16-10-12-17(13-11-16)22-26-19-9-5-4-8-18(19)23(30)29-22/h1-14,22,26H,(H,29,30)(H2,25,27,28). The molecule has 30 heavy (non-hydrogen) atoms. The Labute approximate surface area is 173 Å². The van der Waals surface area contributed by atoms with Gasteiger partial charge >= 0.3 is 0 Å². The fourth-order valence-electron chi connectivity index (χ4n) is 3.59. The molecule has 0 fully saturated rings. The number of nitrogens with zero attached hydrogens (tertiary/aromatic N) is 2. The zero-order valence-electron chi connectivity index (χ0n) is 16.0. The third-order valence-corrected chi connectivity index (χ3v) is 5.10. The Morgan fingerprint density at radius 2 is 1.37 bits per heavy atom. The first-order valence-electron chi connectivity index (χ1n) is 9.64. The van der Waals surface area contributed by atoms with Crippen molar-refractivity contribution >= 4 is 17.5 Å². The maximum absolute atomic E-state index is 12.4. The molecule has 6 heteroatoms. The number of benzene rings is 3. The molecule has 1 amide bonds. The second-order valence-electron chi connectivity index (χ2n) is 7.08. The minimum atomic E-state index is -0.295. The van der Waals surface area contributed by atoms with Crippen molar-refractivity contribution in [3.05, 3.63) is 96.1 Å². The van der Waals surface area contributed by atoms with Crippen molar-refractivity contribution in [2.75, 3.05) is 11.1 Å². The summed E-state index contributed by atoms with van der Waals surface area (Å²) in [4.78, 5) is 21.1. The second kappa shape index (κ2) is 7.33. The number of amides is 1. The van der Waals surface area contributed by atoms with Gasteiger partial charge in [-0.1, -0.05) is 66.7 Å². The maximum Gasteiger partial charge on any atom is 0.255 e. The van der Waals surface area contributed by atoms with Gasteiger partial charge in [-0.2, -0.15) is 0 Å². The molecule has 0 saturated carbocycles. The number of nitrogens with two attached hydrogens (primary N) is 1. The summed E-state index contributed by atoms with van der Waals surface area (Å²) in [6.07, 6.45) is -0.295. The molecule has 2 heterocycles. The topological polar surface area (TPSA) is 92.9 Å². The molecule has 1 aliphatic heterocycles. The van der Waals surface area contributed by atoms with Gasteiger partial charge in [0.15, 0.2) is 0 Å². The number of carbonyl (C=O) groups is 1. The minimum absolute atomic E-state index is 0.0884. The molecule has 0 bridgehead atoms. The van der Waals surface area contributed by atoms with Gasteiger partial charge in [0.25, 0.3) is 5.91 Å². The number of fused-ring (bicyclic) bond motifs is 1. The predicted octanol–water partition coefficient (Wildman–Crippen LogP) is 4.25. The van der Waals surface area contributed by atoms with Crippen LogP contribution in [-0.4, -0.2) is 15.9 Å². The SMILES string of the molecule is Nc1nc(-c2ccccc2)cc(-c2ccc(C3NC(=O)c4ccccc4N3)cc2)n1. The van der Waals surface area contributed by atoms with Crippen molar-refractivity contribution < 1.29 is 4.79 Å². The van der Waals surface area contributed by atoms with E-state index in [0.29, 0.717) is 5.56 Å². The van der Waals surface area contributed by atoms with Crippen molar-refractivity contribution in [2.45, 2.75) is 6.17 Å². The molecule has 1 aliphatic rings. The second-order valence-corrected chi connectivity index (χ2v) is 7.08. The summed E-state index contributed by atoms with van der Waals surface area (Å²) in [5, 5.41) is 6.36. The summed E-state index contributed by atoms with van der Waals surface area (Å²) in [5.74, 6) is 0.141. The van der Waals surface area contributed by atoms with Crippen LogP contribution in [0, 0.1) is 0 Å². The van der Waals surface area contributed by atoms with E-state index in [1.54, 1.807) is 6.07 Å². The van der Waals surface area contributed by atoms with Crippen LogP contribution < -0.4 is 16.4 Å². The number of para-hydroxylation sites is 1. The predicted molar refractivity (Wildman–Crippen MR) is 118 cm³/mol. The monoisotopic (exact) mass is 393 g/mol. The highest BCUT2D eigenvalue weighted by molar-refractivity contribution is 6.01. The molecular formula is C24H19N5O. The van der Waals surface area contributed by atoms with Crippen LogP contribution in [0.2, 0.25) is 0 Å². The van der Waals surface area contributed by atoms with Gasteiger partial charge in [0.05, 0.1) is 17.0 Å². The highest BCUT2D eigenvalue weighted by Gasteiger charge is 2.24. The van der Waals surface area contributed by atoms with Crippen molar-refractivity contribution in [2.24, 2.45) is 0 Å². The van der Waals surface area contributed by atoms with Crippen molar-refractivity contribution in [1.82, 2.24) is 15.3 Å². The first-order valence-corrected chi connectivity index (χ1v) is 9.64. The number of hydrogen-bond acceptors (Lipinski definition) is 5. The molecule has 6 nitrogen and oxygen atoms in total. The van der Waals surface area contributed by atoms with Gasteiger partial charge in [-0.05, 0) is 23.8 Å². The number of aromatic nitrogens is 2. The quantitative estimate of drug-likeness (QED) is 0.484. The fraction of sp³-hybridized carbons (Fsp3) is 0.0417. The third-order valence-electron chi connectivity index (χ3n) is 5.10. The van der Waals surface area contributed by atoms with Gasteiger partial charge in [-0.3, -0.25) is 4.79 Å². The Bertz CT molecular complexity index is 1220. The van der Waals surface area contributed by atoms with E-state index in [2.05, 4.69) is 20.6 Å². The molecule has 1 atom stereocenters. The highest BCUT2D eigenvalue weighted by Crippen LogP contribution is 2.29. The highest BCUT2D eigenvalue weighted by atomic mass is 16.2. The Morgan fingerprint density at radius 3 is 2.10 bits per heavy atom. The Hall–Kier alpha value is -4.19. The molecule has 1 unspecified atom stereocenters. The van der Waals surface area contributed by atoms with Crippen LogP contribution >= 0.6 is 0 Å². The lowest BCUT2D eigenvalue weighted by Gasteiger charge is -2.28. The van der Waals surface area contributed by atoms with Gasteiger partial charge in [0, 0.05) is 16.8 Å². The molecular weight excluding hydrogens is 374 g/mol. The Balaban J connectivity index is 1.44. The number of hydrogen-bond donors (Lipinski definition) is 3. The largest absolute Gasteiger partial charge is 0.368 e. The van der Waals surface area contributed by atoms with Gasteiger partial charge in [0.2, 0.25) is 5.95 Å². The summed E-state index contributed by atoms with van der Waals surface area (Å²) in [5.41, 5.74) is 11.8. The number of rotatable bonds is 3. The lowest BCUT2D eigenvalue weighted by molar-refractivity contribution is 0.0935. The molecule has 0 spiro atoms. The lowest BCUT2D eigenvalue weighted by Crippen LogP contribution is -2.38. The van der Waals surface area contributed by atoms with E-state index in [9.17, 15) is 4.79 Å². The molecule has 0 radical (unpaired) electrons. The molecule has 3 aromatic carbocycles. The molecule has 4 aromatic rings. The molecule has 1 aromatic heterocycles. The minimum Gasteiger partial charge on any atom is -0.368 e. The van der Waals surface area contributed by atoms with Crippen molar-refractivity contribution in [3.8, 4) is 22.5 Å². The van der Waals surface area contributed by atoms with Gasteiger partial charge in [-0.25, -0.2) is 9.97 Å². The van der Waals surface area contributed by atoms with Crippen LogP contribution in [0.25, 0.3) is 22.5 Å². The zero-order valence-corrected chi connectivity index (χ0v) is 16.0. The maximum atomic E-state index is 12.4. The lowest BCUT2D eigenvalue weighted by atomic mass is 10.0. The van der Waals surface area contributed by atoms with Crippen LogP contribution in [0.4, 0.5) is 11.6 Å². The first kappa shape index (κ1) is 17.9. The van der Waals surface area contributed by atoms with Crippen LogP contribution in [0.5, 0.6) is 0 Å². The summed E-state index contributed by atoms with van der Waals surface area (Å²) >= 11 is 0. The van der Waals surface area contributed by atoms with E-state index in [1.807, 2.05) is 78.9 Å². The van der Waals surface area contributed by atoms with Crippen LogP contribution in [0.15, 0.2) is 84.9 Å². The summed E-state index contributed by atoms with van der Waals surface area (Å²) in [6, 6.07) is 27.2. The average Bonchev–Trinajstić information content (AvgIpc) is 2.79. The Kier molecular flexibility index (Phi) is 4.37. The van der Waals surface area contributed by atoms with E-state index in [1.165, 1.54) is 0 Å². The summed E-state index contributed by atoms with van der Waals surface area (Å²) < 4.78 is 0. The summed E-state index contributed by atoms with van der Waals surface area (Å²) in [7, 11) is 0. The summed E-state index contributed by atoms with van der Waals surface area (Å²) in [6.45, 7) is 0. The van der Waals surface area contributed by atoms with Crippen LogP contribution in [0.1, 0.15) is 22.1 Å². The molecule has 0 aliphatic carbocycles. The third kappa shape index (κ3) is 3.35. The molecule has 4 N–H and O–H groups in total. The number of nitrogen functional groups attached to an aromatic ring is 1. The zero-order chi connectivity index (χ0) is 20.5. The first-order chi connectivity index (χ1) is 14.7. The van der Waals surface area contributed by atoms with Crippen molar-refractivity contribution in [3.63, 3.8) is 0 Å². The Morgan fingerprint density at radius 1 is 0.733 bits per heavy atom. The average molecular weight is 393 g/mol. The van der Waals surface area contributed by atoms with E-state index in [4.69, 9.17) is 5.73 Å². The molecule has 146 valence electrons. The normalized spacial score (nSPS) is 15.1. The van der Waals surface area contributed by atoms with E-state index in [0.717, 1.165) is 33.8 Å².